The van der Waals surface area contributed by atoms with Crippen LogP contribution in [0.15, 0.2) is 170 Å². The number of ether oxygens (including phenoxy) is 2. The van der Waals surface area contributed by atoms with Gasteiger partial charge in [-0.25, -0.2) is 5.26 Å². The Labute approximate surface area is 698 Å². The van der Waals surface area contributed by atoms with E-state index in [0.717, 1.165) is 102 Å². The number of alkyl halides is 3. The first-order valence-electron chi connectivity index (χ1n) is 33.6. The van der Waals surface area contributed by atoms with Crippen LogP contribution in [-0.2, 0) is 96.1 Å². The van der Waals surface area contributed by atoms with Crippen LogP contribution in [0.4, 0.5) is 17.6 Å². The molecule has 596 valence electrons. The van der Waals surface area contributed by atoms with E-state index in [1.165, 1.54) is 32.4 Å². The van der Waals surface area contributed by atoms with Gasteiger partial charge in [0.2, 0.25) is 0 Å². The number of aliphatic hydroxyl groups excluding tert-OH is 8. The van der Waals surface area contributed by atoms with Crippen molar-refractivity contribution in [2.24, 2.45) is 0 Å². The van der Waals surface area contributed by atoms with Crippen LogP contribution >= 0.6 is 11.6 Å². The van der Waals surface area contributed by atoms with Crippen LogP contribution in [0, 0.1) is 69.1 Å². The summed E-state index contributed by atoms with van der Waals surface area (Å²) in [5.41, 5.74) is 15.8. The summed E-state index contributed by atoms with van der Waals surface area (Å²) in [6.07, 6.45) is -7.01. The molecule has 8 aromatic carbocycles. The molecule has 12 aromatic rings. The maximum atomic E-state index is 12.9. The number of aliphatic hydroxyl groups is 8. The van der Waals surface area contributed by atoms with Crippen molar-refractivity contribution in [1.82, 2.24) is 39.9 Å². The van der Waals surface area contributed by atoms with Gasteiger partial charge in [-0.15, -0.1) is 131 Å². The van der Waals surface area contributed by atoms with Crippen molar-refractivity contribution < 1.29 is 148 Å². The Hall–Kier alpha value is -7.18. The van der Waals surface area contributed by atoms with Crippen LogP contribution in [0.2, 0.25) is 5.02 Å². The summed E-state index contributed by atoms with van der Waals surface area (Å²) in [5, 5.41) is 78.2. The zero-order chi connectivity index (χ0) is 78.2. The molecule has 4 aromatic heterocycles. The molecule has 0 bridgehead atoms. The molecule has 12 rings (SSSR count). The Morgan fingerprint density at radius 2 is 0.645 bits per heavy atom. The number of aromatic nitrogens is 8. The molecule has 0 amide bonds. The van der Waals surface area contributed by atoms with Gasteiger partial charge in [0.05, 0.1) is 80.8 Å². The number of fused-ring (bicyclic) bond motifs is 4. The zero-order valence-electron chi connectivity index (χ0n) is 62.3. The van der Waals surface area contributed by atoms with E-state index < -0.39 is 24.3 Å². The Morgan fingerprint density at radius 3 is 0.855 bits per heavy atom. The Balaban J connectivity index is 0.000000648. The van der Waals surface area contributed by atoms with Gasteiger partial charge in [-0.05, 0) is 153 Å². The minimum atomic E-state index is -4.36. The molecule has 8 unspecified atom stereocenters. The quantitative estimate of drug-likeness (QED) is 0.0285. The summed E-state index contributed by atoms with van der Waals surface area (Å²) in [6, 6.07) is 63.0. The van der Waals surface area contributed by atoms with Crippen LogP contribution in [0.25, 0.3) is 89.2 Å². The van der Waals surface area contributed by atoms with Crippen molar-refractivity contribution >= 4 is 55.7 Å². The molecule has 28 heteroatoms. The standard InChI is InChI=1S/C16H10F3N2.C16H10N3.C15H10ClN2.C15H10FN2.C5H12O4.3C5H12O2.4Ir/c1-10-15(21-14-5-3-2-4-13(14)20-10)11-6-8-12(9-7-11)16(17,18)19;1-11-16(13-8-6-12(10-17)7-9-13)19-15-5-3-2-4-14(15)18-11;2*1-10-15(11-6-8-12(16)9-7-11)18-14-5-3-2-4-13(14)17-10;1-8-4(6)3-5(7)9-2;3*1-4(6)3-5(2)7;;;;/h2-6,8-9H,1H3;2-8H,1H3;2*2-6,8-9H,1H3;4-7H,3H2,1-2H3;3*4-7H,3H2,1-2H3;;;;/q4*-1;;;;;;;;. The molecule has 0 spiro atoms. The maximum Gasteiger partial charge on any atom is 0.381 e. The molecule has 0 saturated heterocycles. The molecule has 0 saturated carbocycles. The van der Waals surface area contributed by atoms with Gasteiger partial charge >= 0.3 is 6.18 Å². The molecule has 4 heterocycles. The van der Waals surface area contributed by atoms with Crippen molar-refractivity contribution in [2.75, 3.05) is 14.2 Å². The molecule has 19 nitrogen and oxygen atoms in total. The monoisotopic (exact) mass is 2240 g/mol. The molecule has 0 fully saturated rings. The maximum absolute atomic E-state index is 12.9. The fourth-order valence-corrected chi connectivity index (χ4v) is 9.83. The molecule has 8 N–H and O–H groups in total. The summed E-state index contributed by atoms with van der Waals surface area (Å²) in [5.74, 6) is -0.301. The number of halogens is 5. The van der Waals surface area contributed by atoms with Gasteiger partial charge in [0, 0.05) is 158 Å². The van der Waals surface area contributed by atoms with Gasteiger partial charge < -0.3 is 50.3 Å². The molecular weight excluding hydrogens is 2150 g/mol. The number of methoxy groups -OCH3 is 2. The van der Waals surface area contributed by atoms with Crippen molar-refractivity contribution in [2.45, 2.75) is 150 Å². The van der Waals surface area contributed by atoms with E-state index >= 15 is 0 Å². The minimum absolute atomic E-state index is 0. The summed E-state index contributed by atoms with van der Waals surface area (Å²) < 4.78 is 59.4. The van der Waals surface area contributed by atoms with Gasteiger partial charge in [-0.1, -0.05) is 48.5 Å². The van der Waals surface area contributed by atoms with Crippen LogP contribution in [-0.4, -0.2) is 144 Å². The average molecular weight is 2240 g/mol. The van der Waals surface area contributed by atoms with Crippen molar-refractivity contribution in [3.63, 3.8) is 0 Å². The van der Waals surface area contributed by atoms with Crippen molar-refractivity contribution in [3.8, 4) is 51.1 Å². The first-order chi connectivity index (χ1) is 50.3. The summed E-state index contributed by atoms with van der Waals surface area (Å²) >= 11 is 5.87. The van der Waals surface area contributed by atoms with Gasteiger partial charge in [-0.3, -0.25) is 44.3 Å². The molecule has 0 aliphatic rings. The number of nitriles is 1. The minimum Gasteiger partial charge on any atom is -0.393 e. The topological polar surface area (TPSA) is 307 Å². The van der Waals surface area contributed by atoms with Gasteiger partial charge in [-0.2, -0.15) is 13.2 Å². The van der Waals surface area contributed by atoms with Crippen LogP contribution in [0.1, 0.15) is 101 Å². The average Bonchev–Trinajstić information content (AvgIpc) is 0.824. The van der Waals surface area contributed by atoms with E-state index in [0.29, 0.717) is 52.3 Å². The summed E-state index contributed by atoms with van der Waals surface area (Å²) in [7, 11) is 2.71. The second-order valence-electron chi connectivity index (χ2n) is 24.4. The largest absolute Gasteiger partial charge is 0.393 e. The molecule has 4 radical (unpaired) electrons. The third-order valence-electron chi connectivity index (χ3n) is 14.6. The second-order valence-corrected chi connectivity index (χ2v) is 24.9. The van der Waals surface area contributed by atoms with E-state index in [4.69, 9.17) is 57.7 Å². The van der Waals surface area contributed by atoms with Crippen molar-refractivity contribution in [3.05, 3.63) is 239 Å². The van der Waals surface area contributed by atoms with E-state index in [1.54, 1.807) is 72.7 Å². The number of aryl methyl sites for hydroxylation is 4. The zero-order valence-corrected chi connectivity index (χ0v) is 72.6. The normalized spacial score (nSPS) is 12.6. The number of hydrogen-bond acceptors (Lipinski definition) is 19. The number of hydrogen-bond donors (Lipinski definition) is 8. The Morgan fingerprint density at radius 1 is 0.382 bits per heavy atom. The predicted molar refractivity (Wildman–Crippen MR) is 403 cm³/mol. The van der Waals surface area contributed by atoms with E-state index in [-0.39, 0.29) is 129 Å². The Kier molecular flexibility index (Phi) is 47.2. The SMILES string of the molecule is CC(O)CC(C)O.CC(O)CC(C)O.CC(O)CC(C)O.COC(O)CC(O)OC.Cc1nc2ccccc2nc1-c1[c-]cc(C#N)cc1.Cc1nc2ccccc2nc1-c1[c-]cc(C(F)(F)F)cc1.Cc1nc2ccccc2nc1-c1[c-]cc(Cl)cc1.Cc1nc2ccccc2nc1-c1[c-]cc(F)cc1.[Ir].[Ir].[Ir].[Ir]. The third-order valence-corrected chi connectivity index (χ3v) is 14.9. The molecule has 0 aliphatic heterocycles. The van der Waals surface area contributed by atoms with E-state index in [9.17, 15) is 17.6 Å². The molecular formula is C82H88ClF4Ir4N9O10-4. The second kappa shape index (κ2) is 51.5. The summed E-state index contributed by atoms with van der Waals surface area (Å²) in [4.78, 5) is 36.3. The number of rotatable bonds is 14. The predicted octanol–water partition coefficient (Wildman–Crippen LogP) is 15.0. The van der Waals surface area contributed by atoms with E-state index in [1.807, 2.05) is 136 Å². The third kappa shape index (κ3) is 35.2. The summed E-state index contributed by atoms with van der Waals surface area (Å²) in [6.45, 7) is 17.5. The number of para-hydroxylation sites is 8. The number of benzene rings is 8. The first kappa shape index (κ1) is 101. The smallest absolute Gasteiger partial charge is 0.381 e. The fourth-order valence-electron chi connectivity index (χ4n) is 9.72. The van der Waals surface area contributed by atoms with Gasteiger partial charge in [0.1, 0.15) is 0 Å². The van der Waals surface area contributed by atoms with Crippen LogP contribution < -0.4 is 0 Å². The molecule has 0 aliphatic carbocycles. The number of nitrogens with zero attached hydrogens (tertiary/aromatic N) is 9. The van der Waals surface area contributed by atoms with E-state index in [2.05, 4.69) is 79.7 Å². The van der Waals surface area contributed by atoms with Crippen LogP contribution in [0.5, 0.6) is 0 Å². The van der Waals surface area contributed by atoms with Gasteiger partial charge in [0.25, 0.3) is 0 Å². The van der Waals surface area contributed by atoms with Crippen LogP contribution in [0.3, 0.4) is 0 Å². The first-order valence-corrected chi connectivity index (χ1v) is 34.0. The van der Waals surface area contributed by atoms with Gasteiger partial charge in [0.15, 0.2) is 12.6 Å². The fraction of sp³-hybridized carbons (Fsp3) is 0.305. The van der Waals surface area contributed by atoms with Crippen molar-refractivity contribution in [1.29, 1.82) is 5.26 Å². The molecule has 110 heavy (non-hydrogen) atoms. The Bertz CT molecular complexity index is 4510. The molecule has 8 atom stereocenters.